The summed E-state index contributed by atoms with van der Waals surface area (Å²) in [6, 6.07) is 1.87. The van der Waals surface area contributed by atoms with E-state index >= 15 is 0 Å². The zero-order chi connectivity index (χ0) is 14.7. The van der Waals surface area contributed by atoms with Crippen molar-refractivity contribution in [2.24, 2.45) is 5.92 Å². The van der Waals surface area contributed by atoms with Crippen LogP contribution in [0.5, 0.6) is 0 Å². The third-order valence-corrected chi connectivity index (χ3v) is 4.60. The molecule has 5 heteroatoms. The molecule has 5 nitrogen and oxygen atoms in total. The zero-order valence-electron chi connectivity index (χ0n) is 12.7. The van der Waals surface area contributed by atoms with E-state index in [0.717, 1.165) is 12.1 Å². The molecule has 2 saturated carbocycles. The number of ether oxygens (including phenoxy) is 1. The first-order chi connectivity index (χ1) is 10.2. The highest BCUT2D eigenvalue weighted by molar-refractivity contribution is 5.92. The first kappa shape index (κ1) is 14.6. The molecule has 2 aliphatic rings. The van der Waals surface area contributed by atoms with Crippen molar-refractivity contribution in [2.75, 3.05) is 13.2 Å². The summed E-state index contributed by atoms with van der Waals surface area (Å²) in [5.74, 6) is 1.12. The Hall–Kier alpha value is -1.36. The van der Waals surface area contributed by atoms with Crippen LogP contribution in [0.15, 0.2) is 6.07 Å². The van der Waals surface area contributed by atoms with Crippen LogP contribution in [0, 0.1) is 5.92 Å². The molecule has 21 heavy (non-hydrogen) atoms. The molecule has 116 valence electrons. The van der Waals surface area contributed by atoms with E-state index in [1.165, 1.54) is 32.1 Å². The molecule has 1 amide bonds. The van der Waals surface area contributed by atoms with Crippen LogP contribution in [0.25, 0.3) is 0 Å². The first-order valence-corrected chi connectivity index (χ1v) is 8.19. The van der Waals surface area contributed by atoms with E-state index in [1.807, 2.05) is 6.07 Å². The van der Waals surface area contributed by atoms with E-state index in [0.29, 0.717) is 36.8 Å². The van der Waals surface area contributed by atoms with Crippen molar-refractivity contribution in [2.45, 2.75) is 57.5 Å². The van der Waals surface area contributed by atoms with E-state index in [2.05, 4.69) is 22.4 Å². The molecule has 2 atom stereocenters. The number of aromatic nitrogens is 2. The number of carbonyl (C=O) groups excluding carboxylic acids is 1. The largest absolute Gasteiger partial charge is 0.376 e. The minimum atomic E-state index is -0.113. The van der Waals surface area contributed by atoms with E-state index in [-0.39, 0.29) is 5.91 Å². The normalized spacial score (nSPS) is 25.8. The van der Waals surface area contributed by atoms with Crippen LogP contribution < -0.4 is 5.32 Å². The Labute approximate surface area is 125 Å². The number of carbonyl (C=O) groups is 1. The van der Waals surface area contributed by atoms with Crippen molar-refractivity contribution >= 4 is 5.91 Å². The monoisotopic (exact) mass is 291 g/mol. The van der Waals surface area contributed by atoms with Gasteiger partial charge < -0.3 is 10.1 Å². The fraction of sp³-hybridized carbons (Fsp3) is 0.750. The van der Waals surface area contributed by atoms with Crippen LogP contribution in [-0.2, 0) is 4.74 Å². The van der Waals surface area contributed by atoms with Crippen molar-refractivity contribution in [1.82, 2.24) is 15.5 Å². The molecular formula is C16H25N3O2. The summed E-state index contributed by atoms with van der Waals surface area (Å²) in [5.41, 5.74) is 1.58. The molecule has 0 saturated heterocycles. The summed E-state index contributed by atoms with van der Waals surface area (Å²) >= 11 is 0. The van der Waals surface area contributed by atoms with Gasteiger partial charge in [0, 0.05) is 18.2 Å². The first-order valence-electron chi connectivity index (χ1n) is 8.19. The zero-order valence-corrected chi connectivity index (χ0v) is 12.7. The van der Waals surface area contributed by atoms with Gasteiger partial charge >= 0.3 is 0 Å². The number of amides is 1. The lowest BCUT2D eigenvalue weighted by molar-refractivity contribution is -0.00295. The van der Waals surface area contributed by atoms with Gasteiger partial charge in [-0.3, -0.25) is 9.89 Å². The highest BCUT2D eigenvalue weighted by Crippen LogP contribution is 2.38. The van der Waals surface area contributed by atoms with Crippen LogP contribution in [0.4, 0.5) is 0 Å². The SMILES string of the molecule is C[C@H]1CCCC[C@H]1OCCNC(=O)c1cc(C2CC2)[nH]n1. The summed E-state index contributed by atoms with van der Waals surface area (Å²) in [7, 11) is 0. The van der Waals surface area contributed by atoms with Gasteiger partial charge in [-0.15, -0.1) is 0 Å². The quantitative estimate of drug-likeness (QED) is 0.792. The minimum absolute atomic E-state index is 0.113. The average Bonchev–Trinajstić information content (AvgIpc) is 3.22. The maximum atomic E-state index is 12.0. The molecule has 2 fully saturated rings. The number of H-pyrrole nitrogens is 1. The summed E-state index contributed by atoms with van der Waals surface area (Å²) < 4.78 is 5.89. The maximum Gasteiger partial charge on any atom is 0.271 e. The molecular weight excluding hydrogens is 266 g/mol. The Morgan fingerprint density at radius 2 is 2.19 bits per heavy atom. The third kappa shape index (κ3) is 3.84. The topological polar surface area (TPSA) is 67.0 Å². The fourth-order valence-electron chi connectivity index (χ4n) is 3.05. The summed E-state index contributed by atoms with van der Waals surface area (Å²) in [5, 5.41) is 9.91. The lowest BCUT2D eigenvalue weighted by Crippen LogP contribution is -2.32. The van der Waals surface area contributed by atoms with Gasteiger partial charge in [0.1, 0.15) is 5.69 Å². The molecule has 1 aromatic heterocycles. The molecule has 1 heterocycles. The molecule has 0 unspecified atom stereocenters. The van der Waals surface area contributed by atoms with Crippen molar-refractivity contribution in [3.63, 3.8) is 0 Å². The molecule has 0 spiro atoms. The summed E-state index contributed by atoms with van der Waals surface area (Å²) in [4.78, 5) is 12.0. The van der Waals surface area contributed by atoms with Crippen LogP contribution in [0.3, 0.4) is 0 Å². The minimum Gasteiger partial charge on any atom is -0.376 e. The summed E-state index contributed by atoms with van der Waals surface area (Å²) in [6.07, 6.45) is 7.77. The van der Waals surface area contributed by atoms with Gasteiger partial charge in [0.25, 0.3) is 5.91 Å². The number of rotatable bonds is 6. The molecule has 0 bridgehead atoms. The van der Waals surface area contributed by atoms with E-state index < -0.39 is 0 Å². The van der Waals surface area contributed by atoms with Crippen LogP contribution in [-0.4, -0.2) is 35.4 Å². The maximum absolute atomic E-state index is 12.0. The summed E-state index contributed by atoms with van der Waals surface area (Å²) in [6.45, 7) is 3.39. The van der Waals surface area contributed by atoms with Crippen molar-refractivity contribution in [3.05, 3.63) is 17.5 Å². The Balaban J connectivity index is 1.37. The molecule has 0 radical (unpaired) electrons. The predicted molar refractivity (Wildman–Crippen MR) is 80.3 cm³/mol. The smallest absolute Gasteiger partial charge is 0.271 e. The molecule has 1 aromatic rings. The highest BCUT2D eigenvalue weighted by atomic mass is 16.5. The standard InChI is InChI=1S/C16H25N3O2/c1-11-4-2-3-5-15(11)21-9-8-17-16(20)14-10-13(18-19-14)12-6-7-12/h10-12,15H,2-9H2,1H3,(H,17,20)(H,18,19)/t11-,15+/m0/s1. The Bertz CT molecular complexity index is 482. The van der Waals surface area contributed by atoms with Gasteiger partial charge in [0.15, 0.2) is 0 Å². The van der Waals surface area contributed by atoms with Crippen LogP contribution in [0.1, 0.15) is 67.5 Å². The van der Waals surface area contributed by atoms with Crippen LogP contribution in [0.2, 0.25) is 0 Å². The second-order valence-electron chi connectivity index (χ2n) is 6.41. The molecule has 0 aliphatic heterocycles. The van der Waals surface area contributed by atoms with Crippen molar-refractivity contribution in [1.29, 1.82) is 0 Å². The Kier molecular flexibility index (Phi) is 4.58. The van der Waals surface area contributed by atoms with Gasteiger partial charge in [-0.25, -0.2) is 0 Å². The highest BCUT2D eigenvalue weighted by Gasteiger charge is 2.26. The predicted octanol–water partition coefficient (Wildman–Crippen LogP) is 2.61. The number of nitrogens with zero attached hydrogens (tertiary/aromatic N) is 1. The number of hydrogen-bond donors (Lipinski definition) is 2. The van der Waals surface area contributed by atoms with Gasteiger partial charge in [-0.1, -0.05) is 19.8 Å². The molecule has 0 aromatic carbocycles. The van der Waals surface area contributed by atoms with Gasteiger partial charge in [0.05, 0.1) is 12.7 Å². The van der Waals surface area contributed by atoms with Crippen molar-refractivity contribution < 1.29 is 9.53 Å². The Morgan fingerprint density at radius 1 is 1.38 bits per heavy atom. The lowest BCUT2D eigenvalue weighted by atomic mass is 9.88. The average molecular weight is 291 g/mol. The van der Waals surface area contributed by atoms with Gasteiger partial charge in [-0.2, -0.15) is 5.10 Å². The molecule has 2 N–H and O–H groups in total. The van der Waals surface area contributed by atoms with E-state index in [1.54, 1.807) is 0 Å². The fourth-order valence-corrected chi connectivity index (χ4v) is 3.05. The van der Waals surface area contributed by atoms with Gasteiger partial charge in [-0.05, 0) is 37.7 Å². The molecule has 2 aliphatic carbocycles. The number of hydrogen-bond acceptors (Lipinski definition) is 3. The van der Waals surface area contributed by atoms with Crippen LogP contribution >= 0.6 is 0 Å². The van der Waals surface area contributed by atoms with Crippen molar-refractivity contribution in [3.8, 4) is 0 Å². The lowest BCUT2D eigenvalue weighted by Gasteiger charge is -2.28. The third-order valence-electron chi connectivity index (χ3n) is 4.60. The Morgan fingerprint density at radius 3 is 2.95 bits per heavy atom. The second kappa shape index (κ2) is 6.60. The van der Waals surface area contributed by atoms with E-state index in [9.17, 15) is 4.79 Å². The van der Waals surface area contributed by atoms with E-state index in [4.69, 9.17) is 4.74 Å². The second-order valence-corrected chi connectivity index (χ2v) is 6.41. The number of nitrogens with one attached hydrogen (secondary N) is 2. The number of aromatic amines is 1. The molecule has 3 rings (SSSR count). The van der Waals surface area contributed by atoms with Gasteiger partial charge in [0.2, 0.25) is 0 Å².